The van der Waals surface area contributed by atoms with Gasteiger partial charge in [-0.15, -0.1) is 0 Å². The van der Waals surface area contributed by atoms with E-state index < -0.39 is 0 Å². The highest BCUT2D eigenvalue weighted by atomic mass is 35.5. The molecule has 2 unspecified atom stereocenters. The molecular formula is C12H16Cl2N2O. The van der Waals surface area contributed by atoms with E-state index in [1.165, 1.54) is 0 Å². The van der Waals surface area contributed by atoms with Crippen LogP contribution in [0.25, 0.3) is 0 Å². The molecule has 1 aromatic heterocycles. The Bertz CT molecular complexity index is 382. The maximum absolute atomic E-state index is 6.10. The number of aromatic nitrogens is 1. The van der Waals surface area contributed by atoms with Gasteiger partial charge < -0.3 is 10.1 Å². The quantitative estimate of drug-likeness (QED) is 0.857. The molecule has 2 rings (SSSR count). The highest BCUT2D eigenvalue weighted by molar-refractivity contribution is 6.34. The van der Waals surface area contributed by atoms with Crippen molar-refractivity contribution in [3.05, 3.63) is 21.9 Å². The van der Waals surface area contributed by atoms with Crippen LogP contribution < -0.4 is 5.32 Å². The van der Waals surface area contributed by atoms with Crippen LogP contribution in [0.4, 0.5) is 5.69 Å². The van der Waals surface area contributed by atoms with Crippen LogP contribution in [0.3, 0.4) is 0 Å². The van der Waals surface area contributed by atoms with Crippen molar-refractivity contribution in [1.82, 2.24) is 4.98 Å². The van der Waals surface area contributed by atoms with Gasteiger partial charge in [0.15, 0.2) is 5.15 Å². The molecular weight excluding hydrogens is 259 g/mol. The summed E-state index contributed by atoms with van der Waals surface area (Å²) in [6.45, 7) is 5.78. The number of nitrogens with one attached hydrogen (secondary N) is 1. The molecule has 1 aliphatic rings. The van der Waals surface area contributed by atoms with Crippen LogP contribution in [0.5, 0.6) is 0 Å². The molecule has 1 fully saturated rings. The van der Waals surface area contributed by atoms with Crippen molar-refractivity contribution in [2.45, 2.75) is 26.3 Å². The van der Waals surface area contributed by atoms with E-state index in [2.05, 4.69) is 17.2 Å². The van der Waals surface area contributed by atoms with Gasteiger partial charge in [0.1, 0.15) is 5.15 Å². The molecule has 0 radical (unpaired) electrons. The highest BCUT2D eigenvalue weighted by Gasteiger charge is 2.23. The molecule has 94 valence electrons. The second kappa shape index (κ2) is 5.42. The summed E-state index contributed by atoms with van der Waals surface area (Å²) in [4.78, 5) is 4.05. The first-order valence-electron chi connectivity index (χ1n) is 5.75. The number of anilines is 1. The molecule has 0 aromatic carbocycles. The van der Waals surface area contributed by atoms with Crippen molar-refractivity contribution in [1.29, 1.82) is 0 Å². The minimum atomic E-state index is 0.316. The summed E-state index contributed by atoms with van der Waals surface area (Å²) in [6.07, 6.45) is 1.09. The van der Waals surface area contributed by atoms with Crippen LogP contribution in [0.1, 0.15) is 18.9 Å². The Balaban J connectivity index is 2.12. The van der Waals surface area contributed by atoms with E-state index >= 15 is 0 Å². The van der Waals surface area contributed by atoms with Gasteiger partial charge in [-0.1, -0.05) is 23.2 Å². The van der Waals surface area contributed by atoms with Crippen molar-refractivity contribution < 1.29 is 4.74 Å². The third-order valence-corrected chi connectivity index (χ3v) is 3.65. The third-order valence-electron chi connectivity index (χ3n) is 3.19. The summed E-state index contributed by atoms with van der Waals surface area (Å²) in [6, 6.07) is 2.13. The number of halogens is 2. The number of aryl methyl sites for hydroxylation is 1. The zero-order valence-corrected chi connectivity index (χ0v) is 11.5. The Labute approximate surface area is 111 Å². The van der Waals surface area contributed by atoms with E-state index in [-0.39, 0.29) is 0 Å². The van der Waals surface area contributed by atoms with E-state index in [1.807, 2.05) is 13.0 Å². The van der Waals surface area contributed by atoms with Gasteiger partial charge in [0, 0.05) is 18.6 Å². The first kappa shape index (κ1) is 12.9. The second-order valence-electron chi connectivity index (χ2n) is 4.48. The topological polar surface area (TPSA) is 34.2 Å². The van der Waals surface area contributed by atoms with Gasteiger partial charge in [-0.2, -0.15) is 0 Å². The summed E-state index contributed by atoms with van der Waals surface area (Å²) in [5.74, 6) is 0.529. The van der Waals surface area contributed by atoms with Crippen LogP contribution >= 0.6 is 23.2 Å². The Morgan fingerprint density at radius 3 is 2.88 bits per heavy atom. The van der Waals surface area contributed by atoms with Gasteiger partial charge in [0.25, 0.3) is 0 Å². The number of pyridine rings is 1. The molecule has 1 aliphatic heterocycles. The average molecular weight is 275 g/mol. The van der Waals surface area contributed by atoms with Gasteiger partial charge in [-0.3, -0.25) is 0 Å². The lowest BCUT2D eigenvalue weighted by atomic mass is 10.0. The summed E-state index contributed by atoms with van der Waals surface area (Å²) in [5.41, 5.74) is 1.89. The van der Waals surface area contributed by atoms with Crippen LogP contribution in [0, 0.1) is 12.8 Å². The summed E-state index contributed by atoms with van der Waals surface area (Å²) < 4.78 is 5.39. The van der Waals surface area contributed by atoms with Crippen molar-refractivity contribution in [2.24, 2.45) is 5.92 Å². The normalized spacial score (nSPS) is 21.5. The fraction of sp³-hybridized carbons (Fsp3) is 0.583. The van der Waals surface area contributed by atoms with E-state index in [9.17, 15) is 0 Å². The first-order valence-corrected chi connectivity index (χ1v) is 6.50. The van der Waals surface area contributed by atoms with Crippen LogP contribution in [0.15, 0.2) is 6.07 Å². The van der Waals surface area contributed by atoms with Crippen molar-refractivity contribution >= 4 is 28.9 Å². The molecule has 1 N–H and O–H groups in total. The smallest absolute Gasteiger partial charge is 0.154 e. The van der Waals surface area contributed by atoms with Crippen LogP contribution in [-0.2, 0) is 4.74 Å². The van der Waals surface area contributed by atoms with Gasteiger partial charge in [0.2, 0.25) is 0 Å². The molecule has 0 saturated carbocycles. The van der Waals surface area contributed by atoms with Crippen LogP contribution in [0.2, 0.25) is 10.3 Å². The second-order valence-corrected chi connectivity index (χ2v) is 5.23. The first-order chi connectivity index (χ1) is 8.08. The number of nitrogens with zero attached hydrogens (tertiary/aromatic N) is 1. The van der Waals surface area contributed by atoms with Gasteiger partial charge in [-0.05, 0) is 31.9 Å². The Hall–Kier alpha value is -0.510. The summed E-state index contributed by atoms with van der Waals surface area (Å²) in [5, 5.41) is 4.27. The third kappa shape index (κ3) is 3.03. The predicted octanol–water partition coefficient (Wildman–Crippen LogP) is 3.53. The fourth-order valence-corrected chi connectivity index (χ4v) is 2.65. The average Bonchev–Trinajstić information content (AvgIpc) is 2.76. The molecule has 0 aliphatic carbocycles. The lowest BCUT2D eigenvalue weighted by Crippen LogP contribution is -2.26. The molecule has 0 spiro atoms. The zero-order chi connectivity index (χ0) is 12.4. The molecule has 2 atom stereocenters. The summed E-state index contributed by atoms with van der Waals surface area (Å²) >= 11 is 11.9. The van der Waals surface area contributed by atoms with Crippen molar-refractivity contribution in [2.75, 3.05) is 18.5 Å². The number of ether oxygens (including phenoxy) is 1. The number of hydrogen-bond donors (Lipinski definition) is 1. The monoisotopic (exact) mass is 274 g/mol. The molecule has 0 amide bonds. The molecule has 3 nitrogen and oxygen atoms in total. The molecule has 5 heteroatoms. The molecule has 1 aromatic rings. The maximum atomic E-state index is 6.10. The lowest BCUT2D eigenvalue weighted by Gasteiger charge is -2.22. The molecule has 2 heterocycles. The largest absolute Gasteiger partial charge is 0.381 e. The minimum absolute atomic E-state index is 0.316. The van der Waals surface area contributed by atoms with Crippen LogP contribution in [-0.4, -0.2) is 24.2 Å². The maximum Gasteiger partial charge on any atom is 0.154 e. The number of hydrogen-bond acceptors (Lipinski definition) is 3. The van der Waals surface area contributed by atoms with Gasteiger partial charge in [0.05, 0.1) is 12.3 Å². The fourth-order valence-electron chi connectivity index (χ4n) is 2.06. The Kier molecular flexibility index (Phi) is 4.13. The Morgan fingerprint density at radius 2 is 2.29 bits per heavy atom. The van der Waals surface area contributed by atoms with E-state index in [0.717, 1.165) is 30.9 Å². The SMILES string of the molecule is Cc1cc(Cl)nc(Cl)c1NC(C)C1CCOC1. The van der Waals surface area contributed by atoms with Gasteiger partial charge >= 0.3 is 0 Å². The van der Waals surface area contributed by atoms with Gasteiger partial charge in [-0.25, -0.2) is 4.98 Å². The van der Waals surface area contributed by atoms with Crippen molar-refractivity contribution in [3.8, 4) is 0 Å². The predicted molar refractivity (Wildman–Crippen MR) is 71.0 cm³/mol. The molecule has 0 bridgehead atoms. The van der Waals surface area contributed by atoms with Crippen molar-refractivity contribution in [3.63, 3.8) is 0 Å². The minimum Gasteiger partial charge on any atom is -0.381 e. The summed E-state index contributed by atoms with van der Waals surface area (Å²) in [7, 11) is 0. The molecule has 17 heavy (non-hydrogen) atoms. The van der Waals surface area contributed by atoms with E-state index in [0.29, 0.717) is 22.3 Å². The zero-order valence-electron chi connectivity index (χ0n) is 9.96. The Morgan fingerprint density at radius 1 is 1.53 bits per heavy atom. The van der Waals surface area contributed by atoms with E-state index in [1.54, 1.807) is 0 Å². The molecule has 1 saturated heterocycles. The van der Waals surface area contributed by atoms with E-state index in [4.69, 9.17) is 27.9 Å². The lowest BCUT2D eigenvalue weighted by molar-refractivity contribution is 0.183. The highest BCUT2D eigenvalue weighted by Crippen LogP contribution is 2.29. The standard InChI is InChI=1S/C12H16Cl2N2O/c1-7-5-10(13)16-12(14)11(7)15-8(2)9-3-4-17-6-9/h5,8-9,15H,3-4,6H2,1-2H3. The number of rotatable bonds is 3.